The van der Waals surface area contributed by atoms with Crippen molar-refractivity contribution in [3.8, 4) is 5.75 Å². The van der Waals surface area contributed by atoms with Gasteiger partial charge in [0.05, 0.1) is 6.61 Å². The van der Waals surface area contributed by atoms with Gasteiger partial charge in [-0.25, -0.2) is 4.39 Å². The first-order chi connectivity index (χ1) is 9.19. The second-order valence-corrected chi connectivity index (χ2v) is 5.53. The first-order valence-corrected chi connectivity index (χ1v) is 7.28. The number of allylic oxidation sites excluding steroid dienone is 1. The van der Waals surface area contributed by atoms with Crippen molar-refractivity contribution in [1.29, 1.82) is 0 Å². The fraction of sp³-hybridized carbons (Fsp3) is 0.529. The third kappa shape index (κ3) is 4.09. The van der Waals surface area contributed by atoms with Gasteiger partial charge in [0.2, 0.25) is 0 Å². The van der Waals surface area contributed by atoms with E-state index in [1.807, 2.05) is 6.07 Å². The molecule has 1 aliphatic rings. The predicted octanol–water partition coefficient (Wildman–Crippen LogP) is 4.76. The summed E-state index contributed by atoms with van der Waals surface area (Å²) in [7, 11) is 0. The maximum atomic E-state index is 13.8. The molecular weight excluding hydrogens is 239 g/mol. The van der Waals surface area contributed by atoms with Gasteiger partial charge in [-0.2, -0.15) is 0 Å². The molecule has 0 aliphatic heterocycles. The maximum Gasteiger partial charge on any atom is 0.165 e. The van der Waals surface area contributed by atoms with Gasteiger partial charge < -0.3 is 4.74 Å². The standard InChI is InChI=1S/C17H23FO/c1-3-4-14-9-10-17(16(18)11-14)19-12-15-7-5-13(2)6-8-15/h5,7,9-11,13,15H,3-4,6,8,12H2,1-2H3. The molecule has 0 spiro atoms. The van der Waals surface area contributed by atoms with Crippen molar-refractivity contribution in [3.63, 3.8) is 0 Å². The number of hydrogen-bond donors (Lipinski definition) is 0. The number of ether oxygens (including phenoxy) is 1. The zero-order valence-electron chi connectivity index (χ0n) is 11.9. The van der Waals surface area contributed by atoms with Gasteiger partial charge in [0.25, 0.3) is 0 Å². The molecular formula is C17H23FO. The Labute approximate surface area is 115 Å². The van der Waals surface area contributed by atoms with Gasteiger partial charge >= 0.3 is 0 Å². The van der Waals surface area contributed by atoms with Crippen molar-refractivity contribution < 1.29 is 9.13 Å². The molecule has 104 valence electrons. The third-order valence-electron chi connectivity index (χ3n) is 3.69. The van der Waals surface area contributed by atoms with Crippen molar-refractivity contribution >= 4 is 0 Å². The maximum absolute atomic E-state index is 13.8. The van der Waals surface area contributed by atoms with Crippen LogP contribution in [0.4, 0.5) is 4.39 Å². The van der Waals surface area contributed by atoms with Gasteiger partial charge in [-0.15, -0.1) is 0 Å². The molecule has 2 atom stereocenters. The van der Waals surface area contributed by atoms with Crippen LogP contribution in [0.2, 0.25) is 0 Å². The Morgan fingerprint density at radius 3 is 2.74 bits per heavy atom. The molecule has 0 heterocycles. The van der Waals surface area contributed by atoms with E-state index in [2.05, 4.69) is 26.0 Å². The second kappa shape index (κ2) is 6.74. The van der Waals surface area contributed by atoms with Gasteiger partial charge in [-0.1, -0.05) is 38.5 Å². The molecule has 0 amide bonds. The van der Waals surface area contributed by atoms with Gasteiger partial charge in [0.1, 0.15) is 0 Å². The monoisotopic (exact) mass is 262 g/mol. The summed E-state index contributed by atoms with van der Waals surface area (Å²) in [5.74, 6) is 1.23. The smallest absolute Gasteiger partial charge is 0.165 e. The number of aryl methyl sites for hydroxylation is 1. The van der Waals surface area contributed by atoms with Gasteiger partial charge in [-0.3, -0.25) is 0 Å². The molecule has 0 aromatic heterocycles. The Hall–Kier alpha value is -1.31. The summed E-state index contributed by atoms with van der Waals surface area (Å²) in [4.78, 5) is 0. The summed E-state index contributed by atoms with van der Waals surface area (Å²) < 4.78 is 19.5. The second-order valence-electron chi connectivity index (χ2n) is 5.53. The normalized spacial score (nSPS) is 22.5. The molecule has 2 rings (SSSR count). The van der Waals surface area contributed by atoms with E-state index in [-0.39, 0.29) is 5.82 Å². The highest BCUT2D eigenvalue weighted by molar-refractivity contribution is 5.29. The number of hydrogen-bond acceptors (Lipinski definition) is 1. The van der Waals surface area contributed by atoms with Crippen molar-refractivity contribution in [2.24, 2.45) is 11.8 Å². The third-order valence-corrected chi connectivity index (χ3v) is 3.69. The van der Waals surface area contributed by atoms with Crippen LogP contribution >= 0.6 is 0 Å². The molecule has 19 heavy (non-hydrogen) atoms. The topological polar surface area (TPSA) is 9.23 Å². The lowest BCUT2D eigenvalue weighted by atomic mass is 9.90. The summed E-state index contributed by atoms with van der Waals surface area (Å²) in [6.07, 6.45) is 8.72. The number of rotatable bonds is 5. The quantitative estimate of drug-likeness (QED) is 0.695. The summed E-state index contributed by atoms with van der Waals surface area (Å²) in [5.41, 5.74) is 1.04. The molecule has 1 aromatic carbocycles. The first kappa shape index (κ1) is 14.1. The molecule has 1 aliphatic carbocycles. The van der Waals surface area contributed by atoms with Gasteiger partial charge in [-0.05, 0) is 42.9 Å². The van der Waals surface area contributed by atoms with Crippen LogP contribution in [-0.4, -0.2) is 6.61 Å². The van der Waals surface area contributed by atoms with E-state index in [1.165, 1.54) is 6.42 Å². The molecule has 0 bridgehead atoms. The van der Waals surface area contributed by atoms with Crippen LogP contribution in [0.25, 0.3) is 0 Å². The molecule has 0 saturated heterocycles. The molecule has 2 unspecified atom stereocenters. The molecule has 0 fully saturated rings. The van der Waals surface area contributed by atoms with Crippen molar-refractivity contribution in [1.82, 2.24) is 0 Å². The van der Waals surface area contributed by atoms with Crippen LogP contribution in [0.5, 0.6) is 5.75 Å². The van der Waals surface area contributed by atoms with E-state index in [9.17, 15) is 4.39 Å². The summed E-state index contributed by atoms with van der Waals surface area (Å²) in [5, 5.41) is 0. The first-order valence-electron chi connectivity index (χ1n) is 7.28. The molecule has 1 aromatic rings. The highest BCUT2D eigenvalue weighted by Crippen LogP contribution is 2.24. The minimum absolute atomic E-state index is 0.237. The van der Waals surface area contributed by atoms with E-state index in [0.717, 1.165) is 24.8 Å². The summed E-state index contributed by atoms with van der Waals surface area (Å²) in [6, 6.07) is 5.31. The van der Waals surface area contributed by atoms with Crippen LogP contribution in [-0.2, 0) is 6.42 Å². The zero-order chi connectivity index (χ0) is 13.7. The molecule has 0 saturated carbocycles. The van der Waals surface area contributed by atoms with E-state index in [4.69, 9.17) is 4.74 Å². The van der Waals surface area contributed by atoms with Crippen LogP contribution in [0.3, 0.4) is 0 Å². The van der Waals surface area contributed by atoms with Gasteiger partial charge in [0.15, 0.2) is 11.6 Å². The zero-order valence-corrected chi connectivity index (χ0v) is 11.9. The number of halogens is 1. The Morgan fingerprint density at radius 2 is 2.11 bits per heavy atom. The Bertz CT molecular complexity index is 439. The Balaban J connectivity index is 1.91. The average molecular weight is 262 g/mol. The summed E-state index contributed by atoms with van der Waals surface area (Å²) in [6.45, 7) is 4.89. The van der Waals surface area contributed by atoms with Crippen molar-refractivity contribution in [3.05, 3.63) is 41.7 Å². The molecule has 2 heteroatoms. The minimum Gasteiger partial charge on any atom is -0.490 e. The largest absolute Gasteiger partial charge is 0.490 e. The lowest BCUT2D eigenvalue weighted by Crippen LogP contribution is -2.14. The van der Waals surface area contributed by atoms with E-state index in [1.54, 1.807) is 12.1 Å². The minimum atomic E-state index is -0.237. The lowest BCUT2D eigenvalue weighted by Gasteiger charge is -2.20. The van der Waals surface area contributed by atoms with Crippen LogP contribution in [0, 0.1) is 17.7 Å². The molecule has 0 radical (unpaired) electrons. The predicted molar refractivity (Wildman–Crippen MR) is 76.9 cm³/mol. The average Bonchev–Trinajstić information content (AvgIpc) is 2.40. The molecule has 1 nitrogen and oxygen atoms in total. The fourth-order valence-corrected chi connectivity index (χ4v) is 2.46. The highest BCUT2D eigenvalue weighted by Gasteiger charge is 2.14. The van der Waals surface area contributed by atoms with E-state index >= 15 is 0 Å². The lowest BCUT2D eigenvalue weighted by molar-refractivity contribution is 0.247. The Morgan fingerprint density at radius 1 is 1.26 bits per heavy atom. The highest BCUT2D eigenvalue weighted by atomic mass is 19.1. The van der Waals surface area contributed by atoms with Crippen LogP contribution in [0.15, 0.2) is 30.4 Å². The van der Waals surface area contributed by atoms with E-state index in [0.29, 0.717) is 24.2 Å². The van der Waals surface area contributed by atoms with Crippen molar-refractivity contribution in [2.45, 2.75) is 39.5 Å². The van der Waals surface area contributed by atoms with Crippen LogP contribution < -0.4 is 4.74 Å². The summed E-state index contributed by atoms with van der Waals surface area (Å²) >= 11 is 0. The number of benzene rings is 1. The Kier molecular flexibility index (Phi) is 5.00. The fourth-order valence-electron chi connectivity index (χ4n) is 2.46. The van der Waals surface area contributed by atoms with Crippen LogP contribution in [0.1, 0.15) is 38.7 Å². The van der Waals surface area contributed by atoms with Gasteiger partial charge in [0, 0.05) is 5.92 Å². The molecule has 0 N–H and O–H groups in total. The SMILES string of the molecule is CCCc1ccc(OCC2C=CC(C)CC2)c(F)c1. The van der Waals surface area contributed by atoms with Crippen molar-refractivity contribution in [2.75, 3.05) is 6.61 Å². The van der Waals surface area contributed by atoms with E-state index < -0.39 is 0 Å².